The Labute approximate surface area is 95.7 Å². The van der Waals surface area contributed by atoms with E-state index in [1.807, 2.05) is 25.3 Å². The summed E-state index contributed by atoms with van der Waals surface area (Å²) in [6.45, 7) is 7.80. The number of aromatic nitrogens is 1. The van der Waals surface area contributed by atoms with Crippen molar-refractivity contribution in [1.82, 2.24) is 4.57 Å². The third-order valence-corrected chi connectivity index (χ3v) is 3.29. The predicted octanol–water partition coefficient (Wildman–Crippen LogP) is 2.11. The Bertz CT molecular complexity index is 492. The highest BCUT2D eigenvalue weighted by Crippen LogP contribution is 2.32. The molecule has 1 aromatic rings. The van der Waals surface area contributed by atoms with Gasteiger partial charge in [0, 0.05) is 16.8 Å². The normalized spacial score (nSPS) is 15.2. The van der Waals surface area contributed by atoms with Gasteiger partial charge in [-0.1, -0.05) is 0 Å². The molecule has 16 heavy (non-hydrogen) atoms. The molecule has 1 aromatic heterocycles. The van der Waals surface area contributed by atoms with Crippen molar-refractivity contribution in [1.29, 1.82) is 0 Å². The van der Waals surface area contributed by atoms with Crippen molar-refractivity contribution in [2.75, 3.05) is 0 Å². The van der Waals surface area contributed by atoms with Crippen molar-refractivity contribution in [2.45, 2.75) is 52.5 Å². The zero-order valence-corrected chi connectivity index (χ0v) is 10.4. The standard InChI is InChI=1S/C13H19NO2/c1-8-11(15)9-6-5-7-10(9)14(12(8)16)13(2,3)4/h15H,5-7H2,1-4H3. The zero-order valence-electron chi connectivity index (χ0n) is 10.4. The molecule has 1 N–H and O–H groups in total. The summed E-state index contributed by atoms with van der Waals surface area (Å²) in [5.74, 6) is 0.220. The molecule has 3 heteroatoms. The smallest absolute Gasteiger partial charge is 0.257 e. The number of rotatable bonds is 0. The lowest BCUT2D eigenvalue weighted by Crippen LogP contribution is -2.37. The van der Waals surface area contributed by atoms with Crippen LogP contribution < -0.4 is 5.56 Å². The molecular weight excluding hydrogens is 202 g/mol. The topological polar surface area (TPSA) is 42.2 Å². The first-order valence-electron chi connectivity index (χ1n) is 5.81. The van der Waals surface area contributed by atoms with E-state index in [-0.39, 0.29) is 16.8 Å². The lowest BCUT2D eigenvalue weighted by Gasteiger charge is -2.27. The number of nitrogens with zero attached hydrogens (tertiary/aromatic N) is 1. The Morgan fingerprint density at radius 3 is 2.44 bits per heavy atom. The van der Waals surface area contributed by atoms with Crippen molar-refractivity contribution in [3.8, 4) is 5.75 Å². The second-order valence-electron chi connectivity index (χ2n) is 5.56. The Kier molecular flexibility index (Phi) is 2.37. The lowest BCUT2D eigenvalue weighted by molar-refractivity contribution is 0.365. The molecular formula is C13H19NO2. The molecule has 0 radical (unpaired) electrons. The molecule has 1 heterocycles. The van der Waals surface area contributed by atoms with Crippen LogP contribution in [0.1, 0.15) is 44.0 Å². The van der Waals surface area contributed by atoms with Gasteiger partial charge in [-0.25, -0.2) is 0 Å². The molecule has 0 atom stereocenters. The summed E-state index contributed by atoms with van der Waals surface area (Å²) < 4.78 is 1.85. The maximum absolute atomic E-state index is 12.2. The summed E-state index contributed by atoms with van der Waals surface area (Å²) in [4.78, 5) is 12.2. The van der Waals surface area contributed by atoms with Crippen LogP contribution in [0.2, 0.25) is 0 Å². The van der Waals surface area contributed by atoms with Crippen LogP contribution in [-0.4, -0.2) is 9.67 Å². The molecule has 0 aliphatic heterocycles. The fourth-order valence-corrected chi connectivity index (χ4v) is 2.56. The molecule has 0 bridgehead atoms. The number of pyridine rings is 1. The van der Waals surface area contributed by atoms with Gasteiger partial charge in [0.2, 0.25) is 0 Å². The summed E-state index contributed by atoms with van der Waals surface area (Å²) in [7, 11) is 0. The molecule has 0 saturated carbocycles. The van der Waals surface area contributed by atoms with E-state index in [9.17, 15) is 9.90 Å². The molecule has 0 spiro atoms. The molecule has 0 saturated heterocycles. The number of fused-ring (bicyclic) bond motifs is 1. The average Bonchev–Trinajstić information content (AvgIpc) is 2.61. The predicted molar refractivity (Wildman–Crippen MR) is 64.1 cm³/mol. The summed E-state index contributed by atoms with van der Waals surface area (Å²) in [5, 5.41) is 9.98. The van der Waals surface area contributed by atoms with Crippen molar-refractivity contribution in [2.24, 2.45) is 0 Å². The average molecular weight is 221 g/mol. The highest BCUT2D eigenvalue weighted by Gasteiger charge is 2.27. The van der Waals surface area contributed by atoms with Crippen LogP contribution >= 0.6 is 0 Å². The van der Waals surface area contributed by atoms with Crippen LogP contribution in [0.4, 0.5) is 0 Å². The van der Waals surface area contributed by atoms with Gasteiger partial charge in [-0.15, -0.1) is 0 Å². The highest BCUT2D eigenvalue weighted by molar-refractivity contribution is 5.44. The number of hydrogen-bond acceptors (Lipinski definition) is 2. The van der Waals surface area contributed by atoms with Gasteiger partial charge >= 0.3 is 0 Å². The van der Waals surface area contributed by atoms with Gasteiger partial charge in [0.25, 0.3) is 5.56 Å². The molecule has 2 rings (SSSR count). The molecule has 1 aliphatic rings. The van der Waals surface area contributed by atoms with Crippen molar-refractivity contribution >= 4 is 0 Å². The second-order valence-corrected chi connectivity index (χ2v) is 5.56. The molecule has 3 nitrogen and oxygen atoms in total. The van der Waals surface area contributed by atoms with Gasteiger partial charge in [-0.3, -0.25) is 4.79 Å². The summed E-state index contributed by atoms with van der Waals surface area (Å²) >= 11 is 0. The summed E-state index contributed by atoms with van der Waals surface area (Å²) in [5.41, 5.74) is 2.22. The number of hydrogen-bond donors (Lipinski definition) is 1. The van der Waals surface area contributed by atoms with Gasteiger partial charge in [0.15, 0.2) is 0 Å². The van der Waals surface area contributed by atoms with Crippen LogP contribution in [0.3, 0.4) is 0 Å². The van der Waals surface area contributed by atoms with Crippen molar-refractivity contribution in [3.05, 3.63) is 27.2 Å². The first kappa shape index (κ1) is 11.2. The highest BCUT2D eigenvalue weighted by atomic mass is 16.3. The van der Waals surface area contributed by atoms with Crippen LogP contribution in [0.5, 0.6) is 5.75 Å². The monoisotopic (exact) mass is 221 g/mol. The van der Waals surface area contributed by atoms with Crippen LogP contribution in [-0.2, 0) is 18.4 Å². The maximum Gasteiger partial charge on any atom is 0.257 e. The van der Waals surface area contributed by atoms with Gasteiger partial charge in [0.05, 0.1) is 5.56 Å². The third-order valence-electron chi connectivity index (χ3n) is 3.29. The summed E-state index contributed by atoms with van der Waals surface area (Å²) in [6.07, 6.45) is 2.82. The minimum Gasteiger partial charge on any atom is -0.507 e. The first-order chi connectivity index (χ1) is 7.34. The Morgan fingerprint density at radius 2 is 1.88 bits per heavy atom. The van der Waals surface area contributed by atoms with E-state index >= 15 is 0 Å². The third kappa shape index (κ3) is 1.46. The van der Waals surface area contributed by atoms with E-state index in [1.165, 1.54) is 0 Å². The zero-order chi connectivity index (χ0) is 12.1. The van der Waals surface area contributed by atoms with Crippen LogP contribution in [0, 0.1) is 6.92 Å². The maximum atomic E-state index is 12.2. The minimum atomic E-state index is -0.218. The first-order valence-corrected chi connectivity index (χ1v) is 5.81. The second kappa shape index (κ2) is 3.37. The van der Waals surface area contributed by atoms with Crippen molar-refractivity contribution in [3.63, 3.8) is 0 Å². The van der Waals surface area contributed by atoms with E-state index < -0.39 is 0 Å². The van der Waals surface area contributed by atoms with Gasteiger partial charge < -0.3 is 9.67 Å². The van der Waals surface area contributed by atoms with E-state index in [2.05, 4.69) is 0 Å². The van der Waals surface area contributed by atoms with Gasteiger partial charge in [-0.05, 0) is 47.0 Å². The van der Waals surface area contributed by atoms with Crippen LogP contribution in [0.25, 0.3) is 0 Å². The largest absolute Gasteiger partial charge is 0.507 e. The molecule has 0 unspecified atom stereocenters. The summed E-state index contributed by atoms with van der Waals surface area (Å²) in [6, 6.07) is 0. The fraction of sp³-hybridized carbons (Fsp3) is 0.615. The lowest BCUT2D eigenvalue weighted by atomic mass is 10.0. The van der Waals surface area contributed by atoms with Crippen molar-refractivity contribution < 1.29 is 5.11 Å². The Hall–Kier alpha value is -1.25. The van der Waals surface area contributed by atoms with E-state index in [1.54, 1.807) is 6.92 Å². The molecule has 0 aromatic carbocycles. The number of aromatic hydroxyl groups is 1. The van der Waals surface area contributed by atoms with E-state index in [0.717, 1.165) is 30.5 Å². The molecule has 1 aliphatic carbocycles. The fourth-order valence-electron chi connectivity index (χ4n) is 2.56. The van der Waals surface area contributed by atoms with Gasteiger partial charge in [0.1, 0.15) is 5.75 Å². The SMILES string of the molecule is Cc1c(O)c2c(n(C(C)(C)C)c1=O)CCC2. The minimum absolute atomic E-state index is 0.0503. The Balaban J connectivity index is 2.85. The van der Waals surface area contributed by atoms with E-state index in [4.69, 9.17) is 0 Å². The van der Waals surface area contributed by atoms with E-state index in [0.29, 0.717) is 5.56 Å². The molecule has 0 fully saturated rings. The quantitative estimate of drug-likeness (QED) is 0.729. The molecule has 88 valence electrons. The molecule has 0 amide bonds. The Morgan fingerprint density at radius 1 is 1.25 bits per heavy atom. The van der Waals surface area contributed by atoms with Crippen LogP contribution in [0.15, 0.2) is 4.79 Å². The van der Waals surface area contributed by atoms with Gasteiger partial charge in [-0.2, -0.15) is 0 Å².